The first-order valence-electron chi connectivity index (χ1n) is 10.6. The highest BCUT2D eigenvalue weighted by Crippen LogP contribution is 2.61. The van der Waals surface area contributed by atoms with Crippen LogP contribution in [-0.4, -0.2) is 39.2 Å². The Morgan fingerprint density at radius 1 is 1.12 bits per heavy atom. The molecule has 0 unspecified atom stereocenters. The number of fused-ring (bicyclic) bond motifs is 4. The van der Waals surface area contributed by atoms with Gasteiger partial charge in [-0.2, -0.15) is 0 Å². The van der Waals surface area contributed by atoms with E-state index in [2.05, 4.69) is 15.2 Å². The molecule has 0 bridgehead atoms. The molecule has 2 fully saturated rings. The van der Waals surface area contributed by atoms with Gasteiger partial charge in [-0.15, -0.1) is 11.8 Å². The fourth-order valence-electron chi connectivity index (χ4n) is 5.78. The minimum absolute atomic E-state index is 0.0516. The molecule has 160 valence electrons. The molecule has 2 saturated heterocycles. The zero-order chi connectivity index (χ0) is 21.9. The van der Waals surface area contributed by atoms with Crippen molar-refractivity contribution in [3.63, 3.8) is 0 Å². The van der Waals surface area contributed by atoms with Gasteiger partial charge < -0.3 is 5.32 Å². The summed E-state index contributed by atoms with van der Waals surface area (Å²) in [6.07, 6.45) is 3.26. The predicted octanol–water partition coefficient (Wildman–Crippen LogP) is 4.55. The van der Waals surface area contributed by atoms with Gasteiger partial charge in [0, 0.05) is 57.8 Å². The lowest BCUT2D eigenvalue weighted by Gasteiger charge is -2.36. The van der Waals surface area contributed by atoms with E-state index in [1.807, 2.05) is 60.3 Å². The van der Waals surface area contributed by atoms with Crippen molar-refractivity contribution in [1.82, 2.24) is 9.88 Å². The Morgan fingerprint density at radius 3 is 2.72 bits per heavy atom. The number of Topliss-reactive ketones (excluding diaryl/α,β-unsaturated/α-hetero) is 1. The first-order valence-corrected chi connectivity index (χ1v) is 12.1. The number of carbonyl (C=O) groups is 2. The Kier molecular flexibility index (Phi) is 4.64. The van der Waals surface area contributed by atoms with E-state index in [0.29, 0.717) is 16.5 Å². The number of ketones is 1. The van der Waals surface area contributed by atoms with Gasteiger partial charge in [-0.05, 0) is 35.9 Å². The van der Waals surface area contributed by atoms with Crippen LogP contribution in [0.15, 0.2) is 73.1 Å². The quantitative estimate of drug-likeness (QED) is 0.579. The number of aromatic nitrogens is 1. The summed E-state index contributed by atoms with van der Waals surface area (Å²) in [7, 11) is 0. The van der Waals surface area contributed by atoms with Crippen LogP contribution in [0.3, 0.4) is 0 Å². The monoisotopic (exact) mass is 461 g/mol. The average Bonchev–Trinajstić information content (AvgIpc) is 3.48. The number of halogens is 1. The van der Waals surface area contributed by atoms with Crippen molar-refractivity contribution in [2.45, 2.75) is 17.5 Å². The highest BCUT2D eigenvalue weighted by Gasteiger charge is 2.69. The number of pyridine rings is 1. The number of benzene rings is 2. The van der Waals surface area contributed by atoms with Gasteiger partial charge in [0.05, 0.1) is 5.92 Å². The summed E-state index contributed by atoms with van der Waals surface area (Å²) in [5.41, 5.74) is 2.18. The molecule has 5 nitrogen and oxygen atoms in total. The van der Waals surface area contributed by atoms with Crippen molar-refractivity contribution in [3.05, 3.63) is 94.8 Å². The molecule has 6 rings (SSSR count). The minimum Gasteiger partial charge on any atom is -0.324 e. The number of nitrogens with zero attached hydrogens (tertiary/aromatic N) is 2. The van der Waals surface area contributed by atoms with E-state index >= 15 is 0 Å². The summed E-state index contributed by atoms with van der Waals surface area (Å²) in [5.74, 6) is 0.665. The molecule has 2 aromatic carbocycles. The average molecular weight is 462 g/mol. The Balaban J connectivity index is 1.62. The third kappa shape index (κ3) is 2.66. The van der Waals surface area contributed by atoms with Crippen LogP contribution in [0.25, 0.3) is 0 Å². The highest BCUT2D eigenvalue weighted by atomic mass is 35.5. The fourth-order valence-corrected chi connectivity index (χ4v) is 7.23. The van der Waals surface area contributed by atoms with E-state index in [-0.39, 0.29) is 23.7 Å². The number of anilines is 1. The second-order valence-corrected chi connectivity index (χ2v) is 9.90. The number of amides is 1. The molecule has 32 heavy (non-hydrogen) atoms. The van der Waals surface area contributed by atoms with E-state index < -0.39 is 11.5 Å². The molecule has 1 aromatic heterocycles. The molecule has 0 saturated carbocycles. The largest absolute Gasteiger partial charge is 0.324 e. The molecule has 0 radical (unpaired) electrons. The lowest BCUT2D eigenvalue weighted by atomic mass is 9.69. The maximum Gasteiger partial charge on any atom is 0.250 e. The van der Waals surface area contributed by atoms with Crippen LogP contribution in [0.4, 0.5) is 5.69 Å². The van der Waals surface area contributed by atoms with Crippen molar-refractivity contribution in [2.24, 2.45) is 5.92 Å². The zero-order valence-electron chi connectivity index (χ0n) is 17.1. The lowest BCUT2D eigenvalue weighted by Crippen LogP contribution is -2.52. The van der Waals surface area contributed by atoms with Crippen LogP contribution < -0.4 is 5.32 Å². The van der Waals surface area contributed by atoms with Crippen molar-refractivity contribution < 1.29 is 9.59 Å². The smallest absolute Gasteiger partial charge is 0.250 e. The number of thioether (sulfide) groups is 1. The maximum absolute atomic E-state index is 14.2. The predicted molar refractivity (Wildman–Crippen MR) is 126 cm³/mol. The van der Waals surface area contributed by atoms with Gasteiger partial charge in [-0.3, -0.25) is 19.5 Å². The molecular formula is C25H20ClN3O2S. The van der Waals surface area contributed by atoms with Crippen LogP contribution in [0.1, 0.15) is 27.4 Å². The molecule has 1 spiro atoms. The van der Waals surface area contributed by atoms with Gasteiger partial charge in [0.2, 0.25) is 5.91 Å². The molecule has 0 aliphatic carbocycles. The summed E-state index contributed by atoms with van der Waals surface area (Å²) >= 11 is 7.99. The Bertz CT molecular complexity index is 1220. The second-order valence-electron chi connectivity index (χ2n) is 8.46. The fraction of sp³-hybridized carbons (Fsp3) is 0.240. The summed E-state index contributed by atoms with van der Waals surface area (Å²) < 4.78 is 0. The van der Waals surface area contributed by atoms with Gasteiger partial charge in [0.1, 0.15) is 5.54 Å². The molecule has 3 aliphatic heterocycles. The molecule has 4 atom stereocenters. The Hall–Kier alpha value is -2.67. The number of hydrogen-bond acceptors (Lipinski definition) is 5. The summed E-state index contributed by atoms with van der Waals surface area (Å²) in [4.78, 5) is 34.4. The minimum atomic E-state index is -1.05. The maximum atomic E-state index is 14.2. The van der Waals surface area contributed by atoms with Crippen LogP contribution in [0.2, 0.25) is 5.02 Å². The Labute approximate surface area is 195 Å². The molecule has 1 amide bonds. The molecule has 1 N–H and O–H groups in total. The first kappa shape index (κ1) is 20.0. The van der Waals surface area contributed by atoms with Gasteiger partial charge in [0.15, 0.2) is 5.78 Å². The normalized spacial score (nSPS) is 28.5. The SMILES string of the molecule is O=C(c1cccnc1)[C@@H]1[C@H](c2ccc(Cl)cc2)[C@@H]2CSCN2[C@]12C(=O)Nc1ccccc12. The number of para-hydroxylation sites is 1. The van der Waals surface area contributed by atoms with Crippen LogP contribution >= 0.6 is 23.4 Å². The topological polar surface area (TPSA) is 62.3 Å². The highest BCUT2D eigenvalue weighted by molar-refractivity contribution is 7.99. The van der Waals surface area contributed by atoms with Crippen molar-refractivity contribution in [3.8, 4) is 0 Å². The molecule has 3 aliphatic rings. The first-order chi connectivity index (χ1) is 15.6. The van der Waals surface area contributed by atoms with Gasteiger partial charge in [0.25, 0.3) is 0 Å². The third-order valence-corrected chi connectivity index (χ3v) is 8.30. The van der Waals surface area contributed by atoms with E-state index in [9.17, 15) is 9.59 Å². The van der Waals surface area contributed by atoms with Crippen LogP contribution in [0.5, 0.6) is 0 Å². The van der Waals surface area contributed by atoms with Crippen molar-refractivity contribution in [1.29, 1.82) is 0 Å². The third-order valence-electron chi connectivity index (χ3n) is 7.01. The molecule has 3 aromatic rings. The van der Waals surface area contributed by atoms with E-state index in [0.717, 1.165) is 22.6 Å². The van der Waals surface area contributed by atoms with Crippen LogP contribution in [-0.2, 0) is 10.3 Å². The lowest BCUT2D eigenvalue weighted by molar-refractivity contribution is -0.127. The number of nitrogens with one attached hydrogen (secondary N) is 1. The van der Waals surface area contributed by atoms with E-state index in [4.69, 9.17) is 11.6 Å². The van der Waals surface area contributed by atoms with Crippen molar-refractivity contribution >= 4 is 40.7 Å². The van der Waals surface area contributed by atoms with E-state index in [1.54, 1.807) is 24.5 Å². The van der Waals surface area contributed by atoms with E-state index in [1.165, 1.54) is 0 Å². The molecular weight excluding hydrogens is 442 g/mol. The Morgan fingerprint density at radius 2 is 1.94 bits per heavy atom. The van der Waals surface area contributed by atoms with Crippen molar-refractivity contribution in [2.75, 3.05) is 16.9 Å². The summed E-state index contributed by atoms with van der Waals surface area (Å²) in [6, 6.07) is 19.1. The summed E-state index contributed by atoms with van der Waals surface area (Å²) in [6.45, 7) is 0. The number of carbonyl (C=O) groups excluding carboxylic acids is 2. The standard InChI is InChI=1S/C25H20ClN3O2S/c26-17-9-7-15(8-10-17)21-20-13-32-14-29(20)25(18-5-1-2-6-19(18)28-24(25)31)22(21)23(30)16-4-3-11-27-12-16/h1-12,20-22H,13-14H2,(H,28,31)/t20-,21+,22-,25-/m0/s1. The summed E-state index contributed by atoms with van der Waals surface area (Å²) in [5, 5.41) is 3.73. The van der Waals surface area contributed by atoms with Crippen LogP contribution in [0, 0.1) is 5.92 Å². The number of rotatable bonds is 3. The zero-order valence-corrected chi connectivity index (χ0v) is 18.6. The molecule has 4 heterocycles. The van der Waals surface area contributed by atoms with Gasteiger partial charge >= 0.3 is 0 Å². The van der Waals surface area contributed by atoms with Gasteiger partial charge in [-0.25, -0.2) is 0 Å². The van der Waals surface area contributed by atoms with Gasteiger partial charge in [-0.1, -0.05) is 41.9 Å². The molecule has 7 heteroatoms. The second kappa shape index (κ2) is 7.44. The number of hydrogen-bond donors (Lipinski definition) is 1.